The van der Waals surface area contributed by atoms with Crippen molar-refractivity contribution in [2.24, 2.45) is 0 Å². The van der Waals surface area contributed by atoms with E-state index >= 15 is 0 Å². The number of morpholine rings is 1. The first-order valence-electron chi connectivity index (χ1n) is 8.99. The number of piperazine rings is 1. The standard InChI is InChI=1S/C17H31N3O4/c1-14(2)24-11-4-16(21)19-7-5-18(6-8-19)15(3)17(22)20-9-12-23-13-10-20/h14-15H,4-13H2,1-3H3/t15-/m0/s1. The van der Waals surface area contributed by atoms with Gasteiger partial charge in [-0.3, -0.25) is 14.5 Å². The summed E-state index contributed by atoms with van der Waals surface area (Å²) in [5.74, 6) is 0.311. The maximum absolute atomic E-state index is 12.5. The zero-order valence-electron chi connectivity index (χ0n) is 15.2. The van der Waals surface area contributed by atoms with Crippen molar-refractivity contribution in [2.45, 2.75) is 39.3 Å². The van der Waals surface area contributed by atoms with Crippen LogP contribution >= 0.6 is 0 Å². The minimum Gasteiger partial charge on any atom is -0.378 e. The van der Waals surface area contributed by atoms with Gasteiger partial charge in [0.2, 0.25) is 11.8 Å². The fourth-order valence-electron chi connectivity index (χ4n) is 3.10. The van der Waals surface area contributed by atoms with E-state index in [1.807, 2.05) is 30.6 Å². The van der Waals surface area contributed by atoms with E-state index in [9.17, 15) is 9.59 Å². The van der Waals surface area contributed by atoms with Crippen molar-refractivity contribution in [3.8, 4) is 0 Å². The molecule has 2 aliphatic rings. The van der Waals surface area contributed by atoms with Gasteiger partial charge in [-0.2, -0.15) is 0 Å². The third-order valence-corrected chi connectivity index (χ3v) is 4.66. The summed E-state index contributed by atoms with van der Waals surface area (Å²) in [7, 11) is 0. The molecule has 0 aromatic rings. The minimum atomic E-state index is -0.135. The maximum Gasteiger partial charge on any atom is 0.239 e. The van der Waals surface area contributed by atoms with Crippen molar-refractivity contribution in [3.05, 3.63) is 0 Å². The lowest BCUT2D eigenvalue weighted by Crippen LogP contribution is -2.56. The van der Waals surface area contributed by atoms with Crippen molar-refractivity contribution in [1.29, 1.82) is 0 Å². The van der Waals surface area contributed by atoms with E-state index in [0.29, 0.717) is 52.4 Å². The van der Waals surface area contributed by atoms with E-state index in [1.165, 1.54) is 0 Å². The van der Waals surface area contributed by atoms with Crippen LogP contribution in [0.25, 0.3) is 0 Å². The quantitative estimate of drug-likeness (QED) is 0.690. The predicted octanol–water partition coefficient (Wildman–Crippen LogP) is 0.193. The van der Waals surface area contributed by atoms with Crippen molar-refractivity contribution in [1.82, 2.24) is 14.7 Å². The van der Waals surface area contributed by atoms with E-state index in [2.05, 4.69) is 4.90 Å². The van der Waals surface area contributed by atoms with Gasteiger partial charge in [0, 0.05) is 39.3 Å². The highest BCUT2D eigenvalue weighted by Gasteiger charge is 2.30. The summed E-state index contributed by atoms with van der Waals surface area (Å²) in [6.45, 7) is 11.8. The monoisotopic (exact) mass is 341 g/mol. The molecule has 7 heteroatoms. The van der Waals surface area contributed by atoms with Crippen molar-refractivity contribution in [2.75, 3.05) is 59.1 Å². The summed E-state index contributed by atoms with van der Waals surface area (Å²) in [4.78, 5) is 30.7. The number of ether oxygens (including phenoxy) is 2. The molecule has 2 saturated heterocycles. The van der Waals surface area contributed by atoms with Crippen LogP contribution in [0.3, 0.4) is 0 Å². The molecule has 0 radical (unpaired) electrons. The number of carbonyl (C=O) groups is 2. The highest BCUT2D eigenvalue weighted by atomic mass is 16.5. The van der Waals surface area contributed by atoms with E-state index in [0.717, 1.165) is 13.1 Å². The summed E-state index contributed by atoms with van der Waals surface area (Å²) in [6, 6.07) is -0.135. The molecule has 24 heavy (non-hydrogen) atoms. The van der Waals surface area contributed by atoms with E-state index in [-0.39, 0.29) is 24.0 Å². The number of carbonyl (C=O) groups excluding carboxylic acids is 2. The molecule has 0 aromatic carbocycles. The molecule has 2 heterocycles. The highest BCUT2D eigenvalue weighted by Crippen LogP contribution is 2.11. The summed E-state index contributed by atoms with van der Waals surface area (Å²) in [6.07, 6.45) is 0.585. The zero-order chi connectivity index (χ0) is 17.5. The van der Waals surface area contributed by atoms with Gasteiger partial charge in [-0.1, -0.05) is 0 Å². The van der Waals surface area contributed by atoms with Crippen molar-refractivity contribution in [3.63, 3.8) is 0 Å². The Balaban J connectivity index is 1.73. The molecule has 0 spiro atoms. The van der Waals surface area contributed by atoms with Crippen LogP contribution < -0.4 is 0 Å². The molecule has 0 N–H and O–H groups in total. The van der Waals surface area contributed by atoms with Crippen LogP contribution in [0.4, 0.5) is 0 Å². The normalized spacial score (nSPS) is 21.2. The molecule has 0 bridgehead atoms. The molecule has 0 unspecified atom stereocenters. The molecule has 1 atom stereocenters. The highest BCUT2D eigenvalue weighted by molar-refractivity contribution is 5.81. The Morgan fingerprint density at radius 2 is 1.58 bits per heavy atom. The van der Waals surface area contributed by atoms with Crippen LogP contribution in [0, 0.1) is 0 Å². The minimum absolute atomic E-state index is 0.135. The topological polar surface area (TPSA) is 62.3 Å². The Bertz CT molecular complexity index is 416. The Morgan fingerprint density at radius 3 is 2.17 bits per heavy atom. The van der Waals surface area contributed by atoms with Crippen molar-refractivity contribution < 1.29 is 19.1 Å². The smallest absolute Gasteiger partial charge is 0.239 e. The number of hydrogen-bond donors (Lipinski definition) is 0. The lowest BCUT2D eigenvalue weighted by molar-refractivity contribution is -0.142. The zero-order valence-corrected chi connectivity index (χ0v) is 15.2. The summed E-state index contributed by atoms with van der Waals surface area (Å²) in [5.41, 5.74) is 0. The van der Waals surface area contributed by atoms with Crippen LogP contribution in [0.1, 0.15) is 27.2 Å². The van der Waals surface area contributed by atoms with Gasteiger partial charge < -0.3 is 19.3 Å². The predicted molar refractivity (Wildman–Crippen MR) is 90.7 cm³/mol. The second-order valence-corrected chi connectivity index (χ2v) is 6.70. The van der Waals surface area contributed by atoms with Crippen LogP contribution in [0.2, 0.25) is 0 Å². The van der Waals surface area contributed by atoms with E-state index in [4.69, 9.17) is 9.47 Å². The van der Waals surface area contributed by atoms with Gasteiger partial charge in [0.1, 0.15) is 0 Å². The molecule has 0 saturated carbocycles. The summed E-state index contributed by atoms with van der Waals surface area (Å²) >= 11 is 0. The van der Waals surface area contributed by atoms with Crippen LogP contribution in [-0.2, 0) is 19.1 Å². The van der Waals surface area contributed by atoms with Gasteiger partial charge in [0.05, 0.1) is 38.4 Å². The molecule has 2 rings (SSSR count). The maximum atomic E-state index is 12.5. The first kappa shape index (κ1) is 19.1. The molecule has 138 valence electrons. The third kappa shape index (κ3) is 5.43. The van der Waals surface area contributed by atoms with Gasteiger partial charge in [0.25, 0.3) is 0 Å². The van der Waals surface area contributed by atoms with Gasteiger partial charge in [-0.25, -0.2) is 0 Å². The molecule has 0 aliphatic carbocycles. The van der Waals surface area contributed by atoms with Gasteiger partial charge in [-0.15, -0.1) is 0 Å². The Hall–Kier alpha value is -1.18. The average molecular weight is 341 g/mol. The molecule has 0 aromatic heterocycles. The van der Waals surface area contributed by atoms with Crippen LogP contribution in [-0.4, -0.2) is 97.7 Å². The number of hydrogen-bond acceptors (Lipinski definition) is 5. The first-order valence-corrected chi connectivity index (χ1v) is 8.99. The first-order chi connectivity index (χ1) is 11.5. The van der Waals surface area contributed by atoms with Crippen LogP contribution in [0.5, 0.6) is 0 Å². The van der Waals surface area contributed by atoms with E-state index in [1.54, 1.807) is 0 Å². The molecule has 2 amide bonds. The summed E-state index contributed by atoms with van der Waals surface area (Å²) in [5, 5.41) is 0. The van der Waals surface area contributed by atoms with Crippen LogP contribution in [0.15, 0.2) is 0 Å². The Kier molecular flexibility index (Phi) is 7.45. The average Bonchev–Trinajstić information content (AvgIpc) is 2.61. The molecule has 2 fully saturated rings. The number of amides is 2. The van der Waals surface area contributed by atoms with Gasteiger partial charge in [-0.05, 0) is 20.8 Å². The molecular formula is C17H31N3O4. The van der Waals surface area contributed by atoms with E-state index < -0.39 is 0 Å². The summed E-state index contributed by atoms with van der Waals surface area (Å²) < 4.78 is 10.7. The number of nitrogens with zero attached hydrogens (tertiary/aromatic N) is 3. The SMILES string of the molecule is CC(C)OCCC(=O)N1CCN([C@@H](C)C(=O)N2CCOCC2)CC1. The fraction of sp³-hybridized carbons (Fsp3) is 0.882. The second kappa shape index (κ2) is 9.34. The largest absolute Gasteiger partial charge is 0.378 e. The Labute approximate surface area is 144 Å². The molecule has 7 nitrogen and oxygen atoms in total. The second-order valence-electron chi connectivity index (χ2n) is 6.70. The lowest BCUT2D eigenvalue weighted by Gasteiger charge is -2.39. The number of rotatable bonds is 6. The van der Waals surface area contributed by atoms with Gasteiger partial charge >= 0.3 is 0 Å². The third-order valence-electron chi connectivity index (χ3n) is 4.66. The lowest BCUT2D eigenvalue weighted by atomic mass is 10.2. The fourth-order valence-corrected chi connectivity index (χ4v) is 3.10. The van der Waals surface area contributed by atoms with Crippen molar-refractivity contribution >= 4 is 11.8 Å². The molecule has 2 aliphatic heterocycles. The Morgan fingerprint density at radius 1 is 0.958 bits per heavy atom. The van der Waals surface area contributed by atoms with Gasteiger partial charge in [0.15, 0.2) is 0 Å². The molecular weight excluding hydrogens is 310 g/mol.